The van der Waals surface area contributed by atoms with E-state index >= 15 is 0 Å². The third-order valence-corrected chi connectivity index (χ3v) is 2.70. The van der Waals surface area contributed by atoms with Crippen molar-refractivity contribution in [3.63, 3.8) is 0 Å². The molecule has 4 nitrogen and oxygen atoms in total. The van der Waals surface area contributed by atoms with E-state index < -0.39 is 11.7 Å². The lowest BCUT2D eigenvalue weighted by Gasteiger charge is -2.19. The number of benzene rings is 1. The summed E-state index contributed by atoms with van der Waals surface area (Å²) in [6.07, 6.45) is -0.406. The molecule has 0 atom stereocenters. The second kappa shape index (κ2) is 6.66. The Morgan fingerprint density at radius 3 is 2.58 bits per heavy atom. The van der Waals surface area contributed by atoms with E-state index in [1.165, 1.54) is 0 Å². The van der Waals surface area contributed by atoms with Gasteiger partial charge in [-0.15, -0.1) is 0 Å². The highest BCUT2D eigenvalue weighted by molar-refractivity contribution is 6.31. The number of rotatable bonds is 4. The van der Waals surface area contributed by atoms with Crippen LogP contribution in [-0.4, -0.2) is 24.8 Å². The van der Waals surface area contributed by atoms with Crippen molar-refractivity contribution in [2.45, 2.75) is 33.3 Å². The maximum absolute atomic E-state index is 11.4. The summed E-state index contributed by atoms with van der Waals surface area (Å²) in [7, 11) is 0. The van der Waals surface area contributed by atoms with Gasteiger partial charge in [-0.2, -0.15) is 0 Å². The Hall–Kier alpha value is -1.42. The first kappa shape index (κ1) is 15.6. The monoisotopic (exact) mass is 284 g/mol. The summed E-state index contributed by atoms with van der Waals surface area (Å²) in [6.45, 7) is 8.55. The van der Waals surface area contributed by atoms with Gasteiger partial charge in [-0.05, 0) is 45.4 Å². The van der Waals surface area contributed by atoms with Gasteiger partial charge < -0.3 is 15.4 Å². The Bertz CT molecular complexity index is 442. The SMILES string of the molecule is Cc1ccc(NCCNC(=O)OC(C)(C)C)cc1Cl. The van der Waals surface area contributed by atoms with Crippen LogP contribution in [0.3, 0.4) is 0 Å². The highest BCUT2D eigenvalue weighted by Gasteiger charge is 2.15. The summed E-state index contributed by atoms with van der Waals surface area (Å²) in [4.78, 5) is 11.4. The van der Waals surface area contributed by atoms with Crippen LogP contribution in [0.25, 0.3) is 0 Å². The molecule has 0 fully saturated rings. The normalized spacial score (nSPS) is 11.0. The smallest absolute Gasteiger partial charge is 0.407 e. The fraction of sp³-hybridized carbons (Fsp3) is 0.500. The van der Waals surface area contributed by atoms with Crippen molar-refractivity contribution >= 4 is 23.4 Å². The molecular weight excluding hydrogens is 264 g/mol. The van der Waals surface area contributed by atoms with Crippen LogP contribution in [0.4, 0.5) is 10.5 Å². The number of hydrogen-bond acceptors (Lipinski definition) is 3. The molecular formula is C14H21ClN2O2. The molecule has 0 spiro atoms. The van der Waals surface area contributed by atoms with Crippen molar-refractivity contribution in [1.82, 2.24) is 5.32 Å². The van der Waals surface area contributed by atoms with Gasteiger partial charge in [0.25, 0.3) is 0 Å². The maximum atomic E-state index is 11.4. The van der Waals surface area contributed by atoms with Crippen LogP contribution < -0.4 is 10.6 Å². The van der Waals surface area contributed by atoms with Gasteiger partial charge in [-0.1, -0.05) is 17.7 Å². The van der Waals surface area contributed by atoms with Crippen molar-refractivity contribution < 1.29 is 9.53 Å². The molecule has 0 aliphatic carbocycles. The molecule has 1 aromatic rings. The standard InChI is InChI=1S/C14H21ClN2O2/c1-10-5-6-11(9-12(10)15)16-7-8-17-13(18)19-14(2,3)4/h5-6,9,16H,7-8H2,1-4H3,(H,17,18). The van der Waals surface area contributed by atoms with Crippen LogP contribution in [0.5, 0.6) is 0 Å². The number of alkyl carbamates (subject to hydrolysis) is 1. The molecule has 0 aliphatic rings. The number of aryl methyl sites for hydroxylation is 1. The first-order valence-electron chi connectivity index (χ1n) is 6.25. The van der Waals surface area contributed by atoms with Gasteiger partial charge in [-0.25, -0.2) is 4.79 Å². The van der Waals surface area contributed by atoms with E-state index in [2.05, 4.69) is 10.6 Å². The largest absolute Gasteiger partial charge is 0.444 e. The van der Waals surface area contributed by atoms with Gasteiger partial charge in [0, 0.05) is 23.8 Å². The molecule has 0 aliphatic heterocycles. The zero-order valence-electron chi connectivity index (χ0n) is 11.8. The van der Waals surface area contributed by atoms with Gasteiger partial charge in [0.1, 0.15) is 5.60 Å². The Balaban J connectivity index is 2.27. The summed E-state index contributed by atoms with van der Waals surface area (Å²) in [6, 6.07) is 5.77. The predicted octanol–water partition coefficient (Wildman–Crippen LogP) is 3.59. The maximum Gasteiger partial charge on any atom is 0.407 e. The molecule has 0 aromatic heterocycles. The fourth-order valence-corrected chi connectivity index (χ4v) is 1.57. The van der Waals surface area contributed by atoms with E-state index in [1.54, 1.807) is 0 Å². The Kier molecular flexibility index (Phi) is 5.48. The van der Waals surface area contributed by atoms with Gasteiger partial charge in [0.15, 0.2) is 0 Å². The number of anilines is 1. The van der Waals surface area contributed by atoms with Crippen LogP contribution in [0.15, 0.2) is 18.2 Å². The topological polar surface area (TPSA) is 50.4 Å². The van der Waals surface area contributed by atoms with Gasteiger partial charge >= 0.3 is 6.09 Å². The van der Waals surface area contributed by atoms with Crippen molar-refractivity contribution in [2.75, 3.05) is 18.4 Å². The van der Waals surface area contributed by atoms with E-state index in [1.807, 2.05) is 45.9 Å². The Morgan fingerprint density at radius 2 is 2.00 bits per heavy atom. The van der Waals surface area contributed by atoms with E-state index in [0.29, 0.717) is 13.1 Å². The van der Waals surface area contributed by atoms with E-state index in [9.17, 15) is 4.79 Å². The highest BCUT2D eigenvalue weighted by Crippen LogP contribution is 2.19. The molecule has 106 valence electrons. The second-order valence-electron chi connectivity index (χ2n) is 5.32. The quantitative estimate of drug-likeness (QED) is 0.831. The molecule has 2 N–H and O–H groups in total. The molecule has 0 saturated heterocycles. The minimum atomic E-state index is -0.470. The molecule has 0 heterocycles. The van der Waals surface area contributed by atoms with Crippen molar-refractivity contribution in [1.29, 1.82) is 0 Å². The molecule has 0 saturated carbocycles. The summed E-state index contributed by atoms with van der Waals surface area (Å²) < 4.78 is 5.13. The van der Waals surface area contributed by atoms with Crippen molar-refractivity contribution in [3.05, 3.63) is 28.8 Å². The van der Waals surface area contributed by atoms with Gasteiger partial charge in [0.2, 0.25) is 0 Å². The van der Waals surface area contributed by atoms with Crippen LogP contribution in [0, 0.1) is 6.92 Å². The molecule has 1 amide bonds. The third-order valence-electron chi connectivity index (χ3n) is 2.29. The number of halogens is 1. The van der Waals surface area contributed by atoms with E-state index in [0.717, 1.165) is 16.3 Å². The molecule has 19 heavy (non-hydrogen) atoms. The average molecular weight is 285 g/mol. The summed E-state index contributed by atoms with van der Waals surface area (Å²) in [5.41, 5.74) is 1.50. The third kappa shape index (κ3) is 6.34. The zero-order valence-corrected chi connectivity index (χ0v) is 12.6. The van der Waals surface area contributed by atoms with Gasteiger partial charge in [0.05, 0.1) is 0 Å². The van der Waals surface area contributed by atoms with E-state index in [-0.39, 0.29) is 0 Å². The van der Waals surface area contributed by atoms with Crippen molar-refractivity contribution in [2.24, 2.45) is 0 Å². The predicted molar refractivity (Wildman–Crippen MR) is 78.9 cm³/mol. The number of amides is 1. The average Bonchev–Trinajstić information content (AvgIpc) is 2.27. The first-order chi connectivity index (χ1) is 8.78. The minimum absolute atomic E-state index is 0.406. The molecule has 1 aromatic carbocycles. The van der Waals surface area contributed by atoms with Crippen LogP contribution >= 0.6 is 11.6 Å². The summed E-state index contributed by atoms with van der Waals surface area (Å²) in [5.74, 6) is 0. The zero-order chi connectivity index (χ0) is 14.5. The van der Waals surface area contributed by atoms with Crippen LogP contribution in [0.1, 0.15) is 26.3 Å². The lowest BCUT2D eigenvalue weighted by molar-refractivity contribution is 0.0530. The summed E-state index contributed by atoms with van der Waals surface area (Å²) in [5, 5.41) is 6.58. The molecule has 0 bridgehead atoms. The number of carbonyl (C=O) groups is 1. The molecule has 1 rings (SSSR count). The fourth-order valence-electron chi connectivity index (χ4n) is 1.39. The lowest BCUT2D eigenvalue weighted by atomic mass is 10.2. The molecule has 0 unspecified atom stereocenters. The van der Waals surface area contributed by atoms with Gasteiger partial charge in [-0.3, -0.25) is 0 Å². The van der Waals surface area contributed by atoms with Crippen LogP contribution in [-0.2, 0) is 4.74 Å². The Morgan fingerprint density at radius 1 is 1.32 bits per heavy atom. The number of hydrogen-bond donors (Lipinski definition) is 2. The van der Waals surface area contributed by atoms with E-state index in [4.69, 9.17) is 16.3 Å². The summed E-state index contributed by atoms with van der Waals surface area (Å²) >= 11 is 6.02. The molecule has 0 radical (unpaired) electrons. The van der Waals surface area contributed by atoms with Crippen molar-refractivity contribution in [3.8, 4) is 0 Å². The number of nitrogens with one attached hydrogen (secondary N) is 2. The molecule has 5 heteroatoms. The minimum Gasteiger partial charge on any atom is -0.444 e. The second-order valence-corrected chi connectivity index (χ2v) is 5.73. The number of carbonyl (C=O) groups excluding carboxylic acids is 1. The highest BCUT2D eigenvalue weighted by atomic mass is 35.5. The van der Waals surface area contributed by atoms with Crippen LogP contribution in [0.2, 0.25) is 5.02 Å². The Labute approximate surface area is 119 Å². The lowest BCUT2D eigenvalue weighted by Crippen LogP contribution is -2.34. The number of ether oxygens (including phenoxy) is 1. The first-order valence-corrected chi connectivity index (χ1v) is 6.62.